The van der Waals surface area contributed by atoms with Gasteiger partial charge in [-0.1, -0.05) is 29.3 Å². The first kappa shape index (κ1) is 21.4. The van der Waals surface area contributed by atoms with Crippen LogP contribution >= 0.6 is 23.2 Å². The van der Waals surface area contributed by atoms with Crippen LogP contribution in [0.25, 0.3) is 0 Å². The number of benzene rings is 2. The Hall–Kier alpha value is -1.80. The molecule has 2 aliphatic rings. The molecular formula is C21H22Cl2N2O4S. The fourth-order valence-corrected chi connectivity index (χ4v) is 5.98. The highest BCUT2D eigenvalue weighted by Gasteiger charge is 2.30. The summed E-state index contributed by atoms with van der Waals surface area (Å²) in [5.74, 6) is 0.0422. The van der Waals surface area contributed by atoms with Crippen LogP contribution in [0.3, 0.4) is 0 Å². The van der Waals surface area contributed by atoms with Crippen LogP contribution in [-0.2, 0) is 21.2 Å². The maximum Gasteiger partial charge on any atom is 0.264 e. The van der Waals surface area contributed by atoms with Crippen LogP contribution < -0.4 is 9.64 Å². The van der Waals surface area contributed by atoms with E-state index in [2.05, 4.69) is 0 Å². The fraction of sp³-hybridized carbons (Fsp3) is 0.381. The highest BCUT2D eigenvalue weighted by atomic mass is 35.5. The van der Waals surface area contributed by atoms with E-state index in [1.54, 1.807) is 41.3 Å². The summed E-state index contributed by atoms with van der Waals surface area (Å²) >= 11 is 12.2. The summed E-state index contributed by atoms with van der Waals surface area (Å²) in [5, 5.41) is 0.678. The molecular weight excluding hydrogens is 447 g/mol. The van der Waals surface area contributed by atoms with E-state index < -0.39 is 10.0 Å². The molecule has 6 nitrogen and oxygen atoms in total. The number of nitrogens with zero attached hydrogens (tertiary/aromatic N) is 2. The summed E-state index contributed by atoms with van der Waals surface area (Å²) < 4.78 is 32.8. The van der Waals surface area contributed by atoms with Crippen LogP contribution in [0, 0.1) is 0 Å². The lowest BCUT2D eigenvalue weighted by Gasteiger charge is -2.30. The molecule has 2 aliphatic heterocycles. The molecule has 0 N–H and O–H groups in total. The first-order valence-electron chi connectivity index (χ1n) is 9.88. The van der Waals surface area contributed by atoms with Gasteiger partial charge in [-0.25, -0.2) is 8.42 Å². The molecule has 0 radical (unpaired) electrons. The molecule has 9 heteroatoms. The van der Waals surface area contributed by atoms with E-state index in [-0.39, 0.29) is 23.2 Å². The number of aryl methyl sites for hydroxylation is 1. The number of halogens is 2. The molecule has 0 bridgehead atoms. The minimum atomic E-state index is -3.49. The van der Waals surface area contributed by atoms with Gasteiger partial charge in [0.15, 0.2) is 12.4 Å². The van der Waals surface area contributed by atoms with Crippen LogP contribution in [0.2, 0.25) is 10.0 Å². The van der Waals surface area contributed by atoms with E-state index in [1.807, 2.05) is 0 Å². The molecule has 0 saturated carbocycles. The number of hydrogen-bond donors (Lipinski definition) is 0. The van der Waals surface area contributed by atoms with Gasteiger partial charge in [0.25, 0.3) is 5.91 Å². The minimum Gasteiger partial charge on any atom is -0.481 e. The summed E-state index contributed by atoms with van der Waals surface area (Å²) in [6.45, 7) is 1.46. The van der Waals surface area contributed by atoms with Gasteiger partial charge in [0.05, 0.1) is 14.9 Å². The predicted octanol–water partition coefficient (Wildman–Crippen LogP) is 4.14. The third-order valence-electron chi connectivity index (χ3n) is 5.43. The zero-order valence-corrected chi connectivity index (χ0v) is 18.6. The number of anilines is 1. The maximum absolute atomic E-state index is 12.9. The Kier molecular flexibility index (Phi) is 6.25. The van der Waals surface area contributed by atoms with Gasteiger partial charge in [0.1, 0.15) is 0 Å². The van der Waals surface area contributed by atoms with Crippen LogP contribution in [0.5, 0.6) is 5.75 Å². The van der Waals surface area contributed by atoms with Crippen LogP contribution in [-0.4, -0.2) is 44.9 Å². The zero-order valence-electron chi connectivity index (χ0n) is 16.3. The molecule has 30 heavy (non-hydrogen) atoms. The number of rotatable bonds is 5. The van der Waals surface area contributed by atoms with E-state index in [0.717, 1.165) is 36.9 Å². The Labute approximate surface area is 186 Å². The topological polar surface area (TPSA) is 66.9 Å². The van der Waals surface area contributed by atoms with E-state index in [9.17, 15) is 13.2 Å². The van der Waals surface area contributed by atoms with Gasteiger partial charge >= 0.3 is 0 Å². The van der Waals surface area contributed by atoms with Crippen molar-refractivity contribution in [3.63, 3.8) is 0 Å². The molecule has 0 aliphatic carbocycles. The smallest absolute Gasteiger partial charge is 0.264 e. The highest BCUT2D eigenvalue weighted by molar-refractivity contribution is 7.89. The number of fused-ring (bicyclic) bond motifs is 1. The summed E-state index contributed by atoms with van der Waals surface area (Å²) in [4.78, 5) is 14.8. The predicted molar refractivity (Wildman–Crippen MR) is 117 cm³/mol. The van der Waals surface area contributed by atoms with Gasteiger partial charge in [-0.2, -0.15) is 4.31 Å². The van der Waals surface area contributed by atoms with Crippen molar-refractivity contribution in [3.05, 3.63) is 52.0 Å². The fourth-order valence-electron chi connectivity index (χ4n) is 3.90. The Morgan fingerprint density at radius 2 is 1.70 bits per heavy atom. The van der Waals surface area contributed by atoms with Crippen molar-refractivity contribution in [1.82, 2.24) is 4.31 Å². The molecule has 0 atom stereocenters. The van der Waals surface area contributed by atoms with E-state index in [0.29, 0.717) is 29.7 Å². The molecule has 0 spiro atoms. The molecule has 1 saturated heterocycles. The van der Waals surface area contributed by atoms with Crippen LogP contribution in [0.15, 0.2) is 41.3 Å². The van der Waals surface area contributed by atoms with Gasteiger partial charge in [-0.15, -0.1) is 0 Å². The average molecular weight is 469 g/mol. The Morgan fingerprint density at radius 1 is 1.00 bits per heavy atom. The quantitative estimate of drug-likeness (QED) is 0.661. The maximum atomic E-state index is 12.9. The summed E-state index contributed by atoms with van der Waals surface area (Å²) in [6, 6.07) is 10.0. The lowest BCUT2D eigenvalue weighted by Crippen LogP contribution is -2.39. The van der Waals surface area contributed by atoms with Gasteiger partial charge in [0.2, 0.25) is 10.0 Å². The van der Waals surface area contributed by atoms with Crippen molar-refractivity contribution in [3.8, 4) is 5.75 Å². The monoisotopic (exact) mass is 468 g/mol. The molecule has 2 aromatic rings. The van der Waals surface area contributed by atoms with E-state index >= 15 is 0 Å². The third kappa shape index (κ3) is 4.17. The van der Waals surface area contributed by atoms with Crippen molar-refractivity contribution in [2.75, 3.05) is 31.1 Å². The lowest BCUT2D eigenvalue weighted by molar-refractivity contribution is -0.120. The zero-order chi connectivity index (χ0) is 21.3. The molecule has 1 amide bonds. The molecule has 2 heterocycles. The standard InChI is InChI=1S/C21H22Cl2N2O4S/c22-17-6-3-7-18(23)21(17)29-14-20(26)25-12-4-5-15-13-16(8-9-19(15)25)30(27,28)24-10-1-2-11-24/h3,6-9,13H,1-2,4-5,10-12,14H2. The van der Waals surface area contributed by atoms with Gasteiger partial charge in [0, 0.05) is 25.3 Å². The van der Waals surface area contributed by atoms with Crippen molar-refractivity contribution < 1.29 is 17.9 Å². The van der Waals surface area contributed by atoms with Crippen molar-refractivity contribution >= 4 is 44.8 Å². The van der Waals surface area contributed by atoms with Crippen LogP contribution in [0.4, 0.5) is 5.69 Å². The number of ether oxygens (including phenoxy) is 1. The largest absolute Gasteiger partial charge is 0.481 e. The number of para-hydroxylation sites is 1. The van der Waals surface area contributed by atoms with Crippen LogP contribution in [0.1, 0.15) is 24.8 Å². The average Bonchev–Trinajstić information content (AvgIpc) is 3.28. The number of carbonyl (C=O) groups excluding carboxylic acids is 1. The lowest BCUT2D eigenvalue weighted by atomic mass is 10.0. The van der Waals surface area contributed by atoms with Crippen molar-refractivity contribution in [2.24, 2.45) is 0 Å². The number of carbonyl (C=O) groups is 1. The second kappa shape index (κ2) is 8.75. The van der Waals surface area contributed by atoms with E-state index in [1.165, 1.54) is 4.31 Å². The number of sulfonamides is 1. The first-order chi connectivity index (χ1) is 14.4. The summed E-state index contributed by atoms with van der Waals surface area (Å²) in [6.07, 6.45) is 3.25. The SMILES string of the molecule is O=C(COc1c(Cl)cccc1Cl)N1CCCc2cc(S(=O)(=O)N3CCCC3)ccc21. The molecule has 0 unspecified atom stereocenters. The van der Waals surface area contributed by atoms with Gasteiger partial charge in [-0.05, 0) is 61.6 Å². The Morgan fingerprint density at radius 3 is 2.40 bits per heavy atom. The molecule has 1 fully saturated rings. The summed E-state index contributed by atoms with van der Waals surface area (Å²) in [7, 11) is -3.49. The Balaban J connectivity index is 1.53. The van der Waals surface area contributed by atoms with Gasteiger partial charge in [-0.3, -0.25) is 4.79 Å². The highest BCUT2D eigenvalue weighted by Crippen LogP contribution is 2.34. The second-order valence-corrected chi connectivity index (χ2v) is 10.1. The van der Waals surface area contributed by atoms with E-state index in [4.69, 9.17) is 27.9 Å². The van der Waals surface area contributed by atoms with Gasteiger partial charge < -0.3 is 9.64 Å². The molecule has 0 aromatic heterocycles. The molecule has 4 rings (SSSR count). The number of hydrogen-bond acceptors (Lipinski definition) is 4. The summed E-state index contributed by atoms with van der Waals surface area (Å²) in [5.41, 5.74) is 1.58. The third-order valence-corrected chi connectivity index (χ3v) is 7.92. The normalized spacial score (nSPS) is 17.1. The minimum absolute atomic E-state index is 0.212. The first-order valence-corrected chi connectivity index (χ1v) is 12.1. The molecule has 2 aromatic carbocycles. The van der Waals surface area contributed by atoms with Crippen molar-refractivity contribution in [2.45, 2.75) is 30.6 Å². The number of amides is 1. The molecule has 160 valence electrons. The second-order valence-electron chi connectivity index (χ2n) is 7.39. The Bertz CT molecular complexity index is 1050. The van der Waals surface area contributed by atoms with Crippen molar-refractivity contribution in [1.29, 1.82) is 0 Å².